The molecule has 4 unspecified atom stereocenters. The second-order valence-electron chi connectivity index (χ2n) is 8.26. The van der Waals surface area contributed by atoms with Crippen LogP contribution in [0.3, 0.4) is 0 Å². The lowest BCUT2D eigenvalue weighted by atomic mass is 10.0. The number of carbonyl (C=O) groups excluding carboxylic acids is 5. The smallest absolute Gasteiger partial charge is 0.326 e. The number of carbonyl (C=O) groups is 6. The van der Waals surface area contributed by atoms with E-state index in [1.807, 2.05) is 0 Å². The summed E-state index contributed by atoms with van der Waals surface area (Å²) >= 11 is 0. The number of primary amides is 2. The van der Waals surface area contributed by atoms with Crippen molar-refractivity contribution >= 4 is 35.5 Å². The fraction of sp³-hybridized carbons (Fsp3) is 0.700. The lowest BCUT2D eigenvalue weighted by molar-refractivity contribution is -0.144. The van der Waals surface area contributed by atoms with E-state index in [2.05, 4.69) is 16.0 Å². The number of aliphatic carboxylic acids is 1. The lowest BCUT2D eigenvalue weighted by Gasteiger charge is -2.27. The molecule has 194 valence electrons. The Balaban J connectivity index is 5.43. The summed E-state index contributed by atoms with van der Waals surface area (Å²) in [6.45, 7) is 3.64. The van der Waals surface area contributed by atoms with Gasteiger partial charge in [0.25, 0.3) is 0 Å². The third-order valence-electron chi connectivity index (χ3n) is 4.89. The van der Waals surface area contributed by atoms with Gasteiger partial charge in [-0.1, -0.05) is 20.3 Å². The molecule has 0 bridgehead atoms. The first-order chi connectivity index (χ1) is 15.8. The SMILES string of the molecule is CC(C)C(NC(=O)C(CCC(N)=O)NC(=O)C(N)CCCCN)C(=O)NC(CC(N)=O)C(=O)O. The molecule has 0 rings (SSSR count). The van der Waals surface area contributed by atoms with Gasteiger partial charge in [0, 0.05) is 6.42 Å². The number of hydrogen-bond acceptors (Lipinski definition) is 8. The van der Waals surface area contributed by atoms with Crippen molar-refractivity contribution < 1.29 is 33.9 Å². The van der Waals surface area contributed by atoms with Crippen molar-refractivity contribution in [2.24, 2.45) is 28.9 Å². The lowest BCUT2D eigenvalue weighted by Crippen LogP contribution is -2.58. The zero-order valence-corrected chi connectivity index (χ0v) is 19.5. The molecule has 5 amide bonds. The van der Waals surface area contributed by atoms with E-state index in [1.165, 1.54) is 0 Å². The number of rotatable bonds is 17. The molecule has 0 saturated heterocycles. The molecule has 34 heavy (non-hydrogen) atoms. The minimum Gasteiger partial charge on any atom is -0.480 e. The Bertz CT molecular complexity index is 745. The maximum Gasteiger partial charge on any atom is 0.326 e. The molecule has 0 aromatic heterocycles. The summed E-state index contributed by atoms with van der Waals surface area (Å²) in [4.78, 5) is 71.6. The van der Waals surface area contributed by atoms with Crippen LogP contribution < -0.4 is 38.9 Å². The molecular formula is C20H37N7O7. The van der Waals surface area contributed by atoms with E-state index < -0.39 is 72.0 Å². The molecule has 14 nitrogen and oxygen atoms in total. The molecule has 0 aromatic rings. The highest BCUT2D eigenvalue weighted by molar-refractivity contribution is 5.95. The molecule has 0 heterocycles. The molecule has 12 N–H and O–H groups in total. The van der Waals surface area contributed by atoms with Gasteiger partial charge in [-0.3, -0.25) is 24.0 Å². The minimum absolute atomic E-state index is 0.145. The monoisotopic (exact) mass is 487 g/mol. The van der Waals surface area contributed by atoms with E-state index >= 15 is 0 Å². The molecule has 0 aliphatic heterocycles. The maximum absolute atomic E-state index is 12.9. The van der Waals surface area contributed by atoms with E-state index in [4.69, 9.17) is 22.9 Å². The van der Waals surface area contributed by atoms with Gasteiger partial charge < -0.3 is 44.0 Å². The third-order valence-corrected chi connectivity index (χ3v) is 4.89. The Morgan fingerprint density at radius 3 is 1.85 bits per heavy atom. The summed E-state index contributed by atoms with van der Waals surface area (Å²) in [7, 11) is 0. The van der Waals surface area contributed by atoms with Crippen molar-refractivity contribution in [1.29, 1.82) is 0 Å². The molecule has 0 saturated carbocycles. The molecule has 0 fully saturated rings. The van der Waals surface area contributed by atoms with E-state index in [1.54, 1.807) is 13.8 Å². The predicted molar refractivity (Wildman–Crippen MR) is 121 cm³/mol. The third kappa shape index (κ3) is 12.1. The van der Waals surface area contributed by atoms with Crippen LogP contribution in [-0.2, 0) is 28.8 Å². The second-order valence-corrected chi connectivity index (χ2v) is 8.26. The minimum atomic E-state index is -1.58. The topological polar surface area (TPSA) is 263 Å². The first-order valence-electron chi connectivity index (χ1n) is 11.0. The van der Waals surface area contributed by atoms with Crippen molar-refractivity contribution in [3.8, 4) is 0 Å². The van der Waals surface area contributed by atoms with Crippen molar-refractivity contribution in [3.05, 3.63) is 0 Å². The Hall–Kier alpha value is -3.26. The van der Waals surface area contributed by atoms with E-state index in [0.29, 0.717) is 25.8 Å². The van der Waals surface area contributed by atoms with Crippen molar-refractivity contribution in [2.45, 2.75) is 76.5 Å². The largest absolute Gasteiger partial charge is 0.480 e. The summed E-state index contributed by atoms with van der Waals surface area (Å²) in [6, 6.07) is -4.94. The van der Waals surface area contributed by atoms with Gasteiger partial charge in [-0.2, -0.15) is 0 Å². The van der Waals surface area contributed by atoms with E-state index in [0.717, 1.165) is 0 Å². The first kappa shape index (κ1) is 30.7. The summed E-state index contributed by atoms with van der Waals surface area (Å²) in [5, 5.41) is 16.3. The number of carboxylic acids is 1. The average molecular weight is 488 g/mol. The highest BCUT2D eigenvalue weighted by atomic mass is 16.4. The molecule has 4 atom stereocenters. The van der Waals surface area contributed by atoms with Gasteiger partial charge >= 0.3 is 5.97 Å². The normalized spacial score (nSPS) is 14.4. The highest BCUT2D eigenvalue weighted by Crippen LogP contribution is 2.07. The molecule has 0 spiro atoms. The van der Waals surface area contributed by atoms with Gasteiger partial charge in [0.05, 0.1) is 12.5 Å². The van der Waals surface area contributed by atoms with Crippen LogP contribution in [0.25, 0.3) is 0 Å². The summed E-state index contributed by atoms with van der Waals surface area (Å²) in [6.07, 6.45) is 0.604. The molecule has 0 radical (unpaired) electrons. The fourth-order valence-corrected chi connectivity index (χ4v) is 2.93. The molecule has 0 aliphatic rings. The highest BCUT2D eigenvalue weighted by Gasteiger charge is 2.32. The Labute approximate surface area is 197 Å². The van der Waals surface area contributed by atoms with Crippen LogP contribution >= 0.6 is 0 Å². The number of carboxylic acid groups (broad SMARTS) is 1. The van der Waals surface area contributed by atoms with Crippen molar-refractivity contribution in [3.63, 3.8) is 0 Å². The van der Waals surface area contributed by atoms with Gasteiger partial charge in [-0.25, -0.2) is 4.79 Å². The Kier molecular flexibility index (Phi) is 14.1. The summed E-state index contributed by atoms with van der Waals surface area (Å²) in [5.41, 5.74) is 21.4. The van der Waals surface area contributed by atoms with Gasteiger partial charge in [0.15, 0.2) is 0 Å². The first-order valence-corrected chi connectivity index (χ1v) is 11.0. The second kappa shape index (κ2) is 15.6. The summed E-state index contributed by atoms with van der Waals surface area (Å²) in [5.74, 6) is -5.90. The van der Waals surface area contributed by atoms with Crippen molar-refractivity contribution in [1.82, 2.24) is 16.0 Å². The molecule has 0 aromatic carbocycles. The van der Waals surface area contributed by atoms with E-state index in [9.17, 15) is 33.9 Å². The van der Waals surface area contributed by atoms with Crippen LogP contribution in [-0.4, -0.2) is 71.3 Å². The van der Waals surface area contributed by atoms with Crippen molar-refractivity contribution in [2.75, 3.05) is 6.54 Å². The van der Waals surface area contributed by atoms with Gasteiger partial charge in [0.2, 0.25) is 29.5 Å². The number of amides is 5. The van der Waals surface area contributed by atoms with Gasteiger partial charge in [-0.15, -0.1) is 0 Å². The number of unbranched alkanes of at least 4 members (excludes halogenated alkanes) is 1. The van der Waals surface area contributed by atoms with Crippen LogP contribution in [0, 0.1) is 5.92 Å². The standard InChI is InChI=1S/C20H37N7O7/c1-10(2)16(19(32)26-13(20(33)34)9-15(24)29)27-18(31)12(6-7-14(23)28)25-17(30)11(22)5-3-4-8-21/h10-13,16H,3-9,21-22H2,1-2H3,(H2,23,28)(H2,24,29)(H,25,30)(H,26,32)(H,27,31)(H,33,34). The molecule has 0 aliphatic carbocycles. The molecule has 14 heteroatoms. The van der Waals surface area contributed by atoms with Crippen LogP contribution in [0.5, 0.6) is 0 Å². The quantitative estimate of drug-likeness (QED) is 0.0957. The van der Waals surface area contributed by atoms with E-state index in [-0.39, 0.29) is 12.8 Å². The number of nitrogens with two attached hydrogens (primary N) is 4. The Morgan fingerprint density at radius 2 is 1.38 bits per heavy atom. The van der Waals surface area contributed by atoms with Crippen LogP contribution in [0.1, 0.15) is 52.4 Å². The fourth-order valence-electron chi connectivity index (χ4n) is 2.93. The molecular weight excluding hydrogens is 450 g/mol. The van der Waals surface area contributed by atoms with Gasteiger partial charge in [-0.05, 0) is 31.7 Å². The number of nitrogens with one attached hydrogen (secondary N) is 3. The van der Waals surface area contributed by atoms with Crippen LogP contribution in [0.15, 0.2) is 0 Å². The van der Waals surface area contributed by atoms with Gasteiger partial charge in [0.1, 0.15) is 18.1 Å². The van der Waals surface area contributed by atoms with Crippen LogP contribution in [0.4, 0.5) is 0 Å². The zero-order valence-electron chi connectivity index (χ0n) is 19.5. The predicted octanol–water partition coefficient (Wildman–Crippen LogP) is -3.22. The summed E-state index contributed by atoms with van der Waals surface area (Å²) < 4.78 is 0. The average Bonchev–Trinajstić information content (AvgIpc) is 2.73. The maximum atomic E-state index is 12.9. The van der Waals surface area contributed by atoms with Crippen LogP contribution in [0.2, 0.25) is 0 Å². The zero-order chi connectivity index (χ0) is 26.4. The Morgan fingerprint density at radius 1 is 0.794 bits per heavy atom. The number of hydrogen-bond donors (Lipinski definition) is 8.